The SMILES string of the molecule is CCCCCC/C=C\CCCCCCCC(=O)OCC(COC(=O)CCCCCCCCCCCCCCCCCCCCCCCCCCCCCCCC)OC(=O)CCCCCCC/C=C\CCCCCCCC. The van der Waals surface area contributed by atoms with Gasteiger partial charge in [0.1, 0.15) is 13.2 Å². The lowest BCUT2D eigenvalue weighted by atomic mass is 10.0. The zero-order chi connectivity index (χ0) is 55.0. The van der Waals surface area contributed by atoms with Crippen LogP contribution in [0.5, 0.6) is 0 Å². The summed E-state index contributed by atoms with van der Waals surface area (Å²) in [5.41, 5.74) is 0. The summed E-state index contributed by atoms with van der Waals surface area (Å²) in [6, 6.07) is 0. The molecule has 0 aromatic carbocycles. The van der Waals surface area contributed by atoms with Crippen LogP contribution in [0.4, 0.5) is 0 Å². The molecular weight excluding hydrogens is 937 g/mol. The maximum Gasteiger partial charge on any atom is 0.306 e. The molecule has 6 heteroatoms. The molecule has 0 bridgehead atoms. The lowest BCUT2D eigenvalue weighted by Gasteiger charge is -2.18. The fourth-order valence-electron chi connectivity index (χ4n) is 10.5. The fourth-order valence-corrected chi connectivity index (χ4v) is 10.5. The second kappa shape index (κ2) is 65.4. The first-order valence-corrected chi connectivity index (χ1v) is 34.3. The summed E-state index contributed by atoms with van der Waals surface area (Å²) >= 11 is 0. The van der Waals surface area contributed by atoms with Crippen molar-refractivity contribution >= 4 is 17.9 Å². The van der Waals surface area contributed by atoms with Gasteiger partial charge in [-0.1, -0.05) is 321 Å². The van der Waals surface area contributed by atoms with E-state index in [0.717, 1.165) is 70.6 Å². The summed E-state index contributed by atoms with van der Waals surface area (Å²) < 4.78 is 16.9. The van der Waals surface area contributed by atoms with E-state index in [1.807, 2.05) is 0 Å². The number of unbranched alkanes of at least 4 members (excludes halogenated alkanes) is 49. The molecule has 448 valence electrons. The number of carbonyl (C=O) groups excluding carboxylic acids is 3. The Labute approximate surface area is 474 Å². The highest BCUT2D eigenvalue weighted by Crippen LogP contribution is 2.18. The van der Waals surface area contributed by atoms with Gasteiger partial charge in [0, 0.05) is 19.3 Å². The summed E-state index contributed by atoms with van der Waals surface area (Å²) in [7, 11) is 0. The van der Waals surface area contributed by atoms with Crippen LogP contribution in [0.15, 0.2) is 24.3 Å². The van der Waals surface area contributed by atoms with Crippen LogP contribution in [0.3, 0.4) is 0 Å². The first-order chi connectivity index (χ1) is 37.5. The van der Waals surface area contributed by atoms with E-state index in [-0.39, 0.29) is 31.1 Å². The van der Waals surface area contributed by atoms with Gasteiger partial charge in [0.05, 0.1) is 0 Å². The standard InChI is InChI=1S/C70H132O6/c1-4-7-10-13-16-19-22-25-27-28-29-30-31-32-33-34-35-36-37-38-39-40-41-43-45-48-51-54-57-60-63-69(72)75-66-67(65-74-68(71)62-59-56-53-50-47-44-24-21-18-15-12-9-6-3)76-70(73)64-61-58-55-52-49-46-42-26-23-20-17-14-11-8-5-2/h21,24,26,42,67H,4-20,22-23,25,27-41,43-66H2,1-3H3/b24-21-,42-26-. The highest BCUT2D eigenvalue weighted by molar-refractivity contribution is 5.71. The van der Waals surface area contributed by atoms with Gasteiger partial charge in [0.15, 0.2) is 6.10 Å². The Kier molecular flexibility index (Phi) is 63.6. The van der Waals surface area contributed by atoms with E-state index in [1.165, 1.54) is 276 Å². The summed E-state index contributed by atoms with van der Waals surface area (Å²) in [6.07, 6.45) is 79.3. The summed E-state index contributed by atoms with van der Waals surface area (Å²) in [6.45, 7) is 6.67. The van der Waals surface area contributed by atoms with Crippen LogP contribution in [0.25, 0.3) is 0 Å². The predicted molar refractivity (Wildman–Crippen MR) is 330 cm³/mol. The van der Waals surface area contributed by atoms with E-state index >= 15 is 0 Å². The lowest BCUT2D eigenvalue weighted by Crippen LogP contribution is -2.30. The molecule has 1 unspecified atom stereocenters. The molecule has 0 saturated heterocycles. The zero-order valence-electron chi connectivity index (χ0n) is 51.6. The molecule has 0 N–H and O–H groups in total. The third-order valence-corrected chi connectivity index (χ3v) is 15.7. The van der Waals surface area contributed by atoms with Gasteiger partial charge in [-0.3, -0.25) is 14.4 Å². The van der Waals surface area contributed by atoms with Crippen molar-refractivity contribution in [2.45, 2.75) is 393 Å². The fraction of sp³-hybridized carbons (Fsp3) is 0.900. The summed E-state index contributed by atoms with van der Waals surface area (Å²) in [5, 5.41) is 0. The van der Waals surface area contributed by atoms with Crippen molar-refractivity contribution in [3.63, 3.8) is 0 Å². The van der Waals surface area contributed by atoms with Crippen LogP contribution in [-0.4, -0.2) is 37.2 Å². The molecule has 0 aliphatic rings. The van der Waals surface area contributed by atoms with E-state index < -0.39 is 6.10 Å². The van der Waals surface area contributed by atoms with Crippen molar-refractivity contribution in [3.8, 4) is 0 Å². The van der Waals surface area contributed by atoms with Gasteiger partial charge >= 0.3 is 17.9 Å². The Morgan fingerprint density at radius 1 is 0.250 bits per heavy atom. The quantitative estimate of drug-likeness (QED) is 0.0261. The molecule has 6 nitrogen and oxygen atoms in total. The molecule has 0 aromatic heterocycles. The summed E-state index contributed by atoms with van der Waals surface area (Å²) in [5.74, 6) is -0.865. The number of hydrogen-bond donors (Lipinski definition) is 0. The van der Waals surface area contributed by atoms with Crippen molar-refractivity contribution in [2.24, 2.45) is 0 Å². The van der Waals surface area contributed by atoms with E-state index in [2.05, 4.69) is 45.1 Å². The van der Waals surface area contributed by atoms with Gasteiger partial charge in [-0.2, -0.15) is 0 Å². The maximum absolute atomic E-state index is 12.9. The third kappa shape index (κ3) is 62.7. The molecule has 1 atom stereocenters. The van der Waals surface area contributed by atoms with Crippen LogP contribution in [0.2, 0.25) is 0 Å². The minimum atomic E-state index is -0.776. The summed E-state index contributed by atoms with van der Waals surface area (Å²) in [4.78, 5) is 38.3. The van der Waals surface area contributed by atoms with Crippen LogP contribution in [0, 0.1) is 0 Å². The number of rotatable bonds is 64. The highest BCUT2D eigenvalue weighted by Gasteiger charge is 2.19. The van der Waals surface area contributed by atoms with Crippen LogP contribution in [0.1, 0.15) is 387 Å². The molecule has 0 spiro atoms. The van der Waals surface area contributed by atoms with Crippen LogP contribution >= 0.6 is 0 Å². The molecule has 0 aliphatic heterocycles. The normalized spacial score (nSPS) is 12.1. The van der Waals surface area contributed by atoms with Gasteiger partial charge in [-0.15, -0.1) is 0 Å². The number of esters is 3. The van der Waals surface area contributed by atoms with Crippen molar-refractivity contribution < 1.29 is 28.6 Å². The number of hydrogen-bond acceptors (Lipinski definition) is 6. The highest BCUT2D eigenvalue weighted by atomic mass is 16.6. The van der Waals surface area contributed by atoms with Gasteiger partial charge in [-0.25, -0.2) is 0 Å². The van der Waals surface area contributed by atoms with Crippen molar-refractivity contribution in [1.29, 1.82) is 0 Å². The molecule has 76 heavy (non-hydrogen) atoms. The van der Waals surface area contributed by atoms with Crippen molar-refractivity contribution in [1.82, 2.24) is 0 Å². The zero-order valence-corrected chi connectivity index (χ0v) is 51.6. The molecule has 0 saturated carbocycles. The maximum atomic E-state index is 12.9. The Balaban J connectivity index is 4.12. The molecule has 0 fully saturated rings. The Morgan fingerprint density at radius 2 is 0.434 bits per heavy atom. The van der Waals surface area contributed by atoms with Crippen molar-refractivity contribution in [3.05, 3.63) is 24.3 Å². The molecule has 0 aliphatic carbocycles. The molecule has 0 rings (SSSR count). The molecular formula is C70H132O6. The largest absolute Gasteiger partial charge is 0.462 e. The minimum absolute atomic E-state index is 0.0724. The van der Waals surface area contributed by atoms with Crippen molar-refractivity contribution in [2.75, 3.05) is 13.2 Å². The Morgan fingerprint density at radius 3 is 0.671 bits per heavy atom. The van der Waals surface area contributed by atoms with Gasteiger partial charge in [0.2, 0.25) is 0 Å². The molecule has 0 aromatic rings. The van der Waals surface area contributed by atoms with E-state index in [9.17, 15) is 14.4 Å². The first kappa shape index (κ1) is 73.9. The van der Waals surface area contributed by atoms with E-state index in [4.69, 9.17) is 14.2 Å². The second-order valence-electron chi connectivity index (χ2n) is 23.4. The van der Waals surface area contributed by atoms with E-state index in [0.29, 0.717) is 19.3 Å². The number of ether oxygens (including phenoxy) is 3. The molecule has 0 radical (unpaired) electrons. The smallest absolute Gasteiger partial charge is 0.306 e. The average Bonchev–Trinajstić information content (AvgIpc) is 3.42. The van der Waals surface area contributed by atoms with E-state index in [1.54, 1.807) is 0 Å². The van der Waals surface area contributed by atoms with Crippen LogP contribution < -0.4 is 0 Å². The number of carbonyl (C=O) groups is 3. The average molecular weight is 1070 g/mol. The van der Waals surface area contributed by atoms with Crippen LogP contribution in [-0.2, 0) is 28.6 Å². The number of allylic oxidation sites excluding steroid dienone is 4. The third-order valence-electron chi connectivity index (χ3n) is 15.7. The monoisotopic (exact) mass is 1070 g/mol. The second-order valence-corrected chi connectivity index (χ2v) is 23.4. The predicted octanol–water partition coefficient (Wildman–Crippen LogP) is 23.4. The Bertz CT molecular complexity index is 1230. The van der Waals surface area contributed by atoms with Gasteiger partial charge < -0.3 is 14.2 Å². The minimum Gasteiger partial charge on any atom is -0.462 e. The Hall–Kier alpha value is -2.11. The lowest BCUT2D eigenvalue weighted by molar-refractivity contribution is -0.167. The molecule has 0 amide bonds. The first-order valence-electron chi connectivity index (χ1n) is 34.3. The van der Waals surface area contributed by atoms with Gasteiger partial charge in [-0.05, 0) is 70.6 Å². The topological polar surface area (TPSA) is 78.9 Å². The molecule has 0 heterocycles. The van der Waals surface area contributed by atoms with Gasteiger partial charge in [0.25, 0.3) is 0 Å².